The van der Waals surface area contributed by atoms with Crippen LogP contribution >= 0.6 is 11.6 Å². The Morgan fingerprint density at radius 1 is 1.04 bits per heavy atom. The second-order valence-corrected chi connectivity index (χ2v) is 6.55. The van der Waals surface area contributed by atoms with E-state index in [0.29, 0.717) is 23.7 Å². The smallest absolute Gasteiger partial charge is 0.269 e. The number of rotatable bonds is 4. The molecule has 1 heterocycles. The third-order valence-corrected chi connectivity index (χ3v) is 4.46. The lowest BCUT2D eigenvalue weighted by atomic mass is 10.1. The standard InChI is InChI=1S/C19H18ClN3O3/c20-16-8-6-14(7-9-16)18(25)21-22-19(26)15-10-17(24)23(12-15)11-13-4-2-1-3-5-13/h1-9,15H,10-12H2,(H,21,25)(H,22,26)/t15-/m0/s1. The Morgan fingerprint density at radius 3 is 2.42 bits per heavy atom. The molecule has 2 aromatic carbocycles. The van der Waals surface area contributed by atoms with Gasteiger partial charge in [-0.2, -0.15) is 0 Å². The number of nitrogens with one attached hydrogen (secondary N) is 2. The Balaban J connectivity index is 1.51. The summed E-state index contributed by atoms with van der Waals surface area (Å²) in [5, 5.41) is 0.522. The SMILES string of the molecule is O=C(NNC(=O)[C@H]1CC(=O)N(Cc2ccccc2)C1)c1ccc(Cl)cc1. The van der Waals surface area contributed by atoms with E-state index in [1.807, 2.05) is 30.3 Å². The Kier molecular flexibility index (Phi) is 5.53. The third kappa shape index (κ3) is 4.40. The summed E-state index contributed by atoms with van der Waals surface area (Å²) in [6.07, 6.45) is 0.134. The summed E-state index contributed by atoms with van der Waals surface area (Å²) in [7, 11) is 0. The van der Waals surface area contributed by atoms with Crippen molar-refractivity contribution in [2.45, 2.75) is 13.0 Å². The van der Waals surface area contributed by atoms with Gasteiger partial charge in [-0.25, -0.2) is 0 Å². The first-order valence-electron chi connectivity index (χ1n) is 8.20. The van der Waals surface area contributed by atoms with Crippen LogP contribution in [0.5, 0.6) is 0 Å². The van der Waals surface area contributed by atoms with Crippen molar-refractivity contribution in [3.05, 3.63) is 70.7 Å². The summed E-state index contributed by atoms with van der Waals surface area (Å²) >= 11 is 5.78. The van der Waals surface area contributed by atoms with Crippen LogP contribution in [0.25, 0.3) is 0 Å². The molecular formula is C19H18ClN3O3. The average Bonchev–Trinajstić information content (AvgIpc) is 3.01. The van der Waals surface area contributed by atoms with E-state index in [-0.39, 0.29) is 18.2 Å². The molecule has 1 atom stereocenters. The number of hydrazine groups is 1. The van der Waals surface area contributed by atoms with Gasteiger partial charge in [0.1, 0.15) is 0 Å². The molecule has 0 bridgehead atoms. The zero-order valence-corrected chi connectivity index (χ0v) is 14.7. The van der Waals surface area contributed by atoms with E-state index in [9.17, 15) is 14.4 Å². The predicted octanol–water partition coefficient (Wildman–Crippen LogP) is 2.15. The third-order valence-electron chi connectivity index (χ3n) is 4.21. The topological polar surface area (TPSA) is 78.5 Å². The Labute approximate surface area is 156 Å². The Bertz CT molecular complexity index is 809. The zero-order valence-electron chi connectivity index (χ0n) is 13.9. The molecule has 1 saturated heterocycles. The highest BCUT2D eigenvalue weighted by Crippen LogP contribution is 2.20. The van der Waals surface area contributed by atoms with Gasteiger partial charge in [0.2, 0.25) is 11.8 Å². The zero-order chi connectivity index (χ0) is 18.5. The van der Waals surface area contributed by atoms with Gasteiger partial charge < -0.3 is 4.90 Å². The van der Waals surface area contributed by atoms with E-state index in [1.54, 1.807) is 29.2 Å². The molecule has 1 aliphatic rings. The molecule has 6 nitrogen and oxygen atoms in total. The first-order valence-corrected chi connectivity index (χ1v) is 8.58. The van der Waals surface area contributed by atoms with Crippen molar-refractivity contribution in [1.82, 2.24) is 15.8 Å². The van der Waals surface area contributed by atoms with Crippen molar-refractivity contribution in [3.8, 4) is 0 Å². The van der Waals surface area contributed by atoms with Gasteiger partial charge in [-0.3, -0.25) is 25.2 Å². The van der Waals surface area contributed by atoms with Crippen molar-refractivity contribution in [2.75, 3.05) is 6.54 Å². The monoisotopic (exact) mass is 371 g/mol. The molecule has 26 heavy (non-hydrogen) atoms. The molecule has 0 saturated carbocycles. The summed E-state index contributed by atoms with van der Waals surface area (Å²) in [5.74, 6) is -1.38. The minimum absolute atomic E-state index is 0.0713. The van der Waals surface area contributed by atoms with E-state index in [4.69, 9.17) is 11.6 Å². The highest BCUT2D eigenvalue weighted by atomic mass is 35.5. The van der Waals surface area contributed by atoms with Crippen LogP contribution in [-0.4, -0.2) is 29.2 Å². The molecule has 0 radical (unpaired) electrons. The molecular weight excluding hydrogens is 354 g/mol. The number of hydrogen-bond donors (Lipinski definition) is 2. The largest absolute Gasteiger partial charge is 0.338 e. The molecule has 3 rings (SSSR count). The molecule has 0 aliphatic carbocycles. The first kappa shape index (κ1) is 17.9. The van der Waals surface area contributed by atoms with Crippen molar-refractivity contribution in [1.29, 1.82) is 0 Å². The number of nitrogens with zero attached hydrogens (tertiary/aromatic N) is 1. The van der Waals surface area contributed by atoms with E-state index < -0.39 is 11.8 Å². The molecule has 2 N–H and O–H groups in total. The van der Waals surface area contributed by atoms with E-state index in [2.05, 4.69) is 10.9 Å². The van der Waals surface area contributed by atoms with Gasteiger partial charge in [-0.1, -0.05) is 41.9 Å². The molecule has 0 spiro atoms. The Morgan fingerprint density at radius 2 is 1.73 bits per heavy atom. The number of benzene rings is 2. The van der Waals surface area contributed by atoms with Crippen molar-refractivity contribution in [3.63, 3.8) is 0 Å². The fourth-order valence-electron chi connectivity index (χ4n) is 2.80. The minimum atomic E-state index is -0.489. The van der Waals surface area contributed by atoms with Crippen LogP contribution in [0.1, 0.15) is 22.3 Å². The highest BCUT2D eigenvalue weighted by Gasteiger charge is 2.34. The van der Waals surface area contributed by atoms with E-state index >= 15 is 0 Å². The normalized spacial score (nSPS) is 16.4. The second-order valence-electron chi connectivity index (χ2n) is 6.11. The van der Waals surface area contributed by atoms with Gasteiger partial charge in [0.15, 0.2) is 0 Å². The van der Waals surface area contributed by atoms with Crippen LogP contribution in [0.2, 0.25) is 5.02 Å². The van der Waals surface area contributed by atoms with Crippen LogP contribution in [0, 0.1) is 5.92 Å². The molecule has 2 aromatic rings. The Hall–Kier alpha value is -2.86. The van der Waals surface area contributed by atoms with Gasteiger partial charge in [0, 0.05) is 30.1 Å². The maximum Gasteiger partial charge on any atom is 0.269 e. The van der Waals surface area contributed by atoms with Crippen molar-refractivity contribution < 1.29 is 14.4 Å². The summed E-state index contributed by atoms with van der Waals surface area (Å²) in [5.41, 5.74) is 6.14. The molecule has 0 aromatic heterocycles. The fourth-order valence-corrected chi connectivity index (χ4v) is 2.92. The fraction of sp³-hybridized carbons (Fsp3) is 0.211. The summed E-state index contributed by atoms with van der Waals surface area (Å²) < 4.78 is 0. The van der Waals surface area contributed by atoms with Gasteiger partial charge in [-0.05, 0) is 29.8 Å². The van der Waals surface area contributed by atoms with Crippen LogP contribution < -0.4 is 10.9 Å². The second kappa shape index (κ2) is 8.01. The van der Waals surface area contributed by atoms with Gasteiger partial charge in [0.05, 0.1) is 5.92 Å². The van der Waals surface area contributed by atoms with Crippen LogP contribution in [0.15, 0.2) is 54.6 Å². The maximum absolute atomic E-state index is 12.3. The number of halogens is 1. The van der Waals surface area contributed by atoms with E-state index in [0.717, 1.165) is 5.56 Å². The summed E-state index contributed by atoms with van der Waals surface area (Å²) in [6.45, 7) is 0.803. The molecule has 1 fully saturated rings. The van der Waals surface area contributed by atoms with Crippen molar-refractivity contribution >= 4 is 29.3 Å². The number of likely N-dealkylation sites (tertiary alicyclic amines) is 1. The number of carbonyl (C=O) groups is 3. The maximum atomic E-state index is 12.3. The lowest BCUT2D eigenvalue weighted by molar-refractivity contribution is -0.129. The van der Waals surface area contributed by atoms with Gasteiger partial charge >= 0.3 is 0 Å². The van der Waals surface area contributed by atoms with Crippen LogP contribution in [0.3, 0.4) is 0 Å². The minimum Gasteiger partial charge on any atom is -0.338 e. The van der Waals surface area contributed by atoms with Gasteiger partial charge in [0.25, 0.3) is 5.91 Å². The molecule has 1 aliphatic heterocycles. The number of amides is 3. The lowest BCUT2D eigenvalue weighted by Crippen LogP contribution is -2.45. The van der Waals surface area contributed by atoms with Crippen LogP contribution in [0.4, 0.5) is 0 Å². The molecule has 0 unspecified atom stereocenters. The molecule has 7 heteroatoms. The molecule has 3 amide bonds. The summed E-state index contributed by atoms with van der Waals surface area (Å²) in [4.78, 5) is 38.0. The summed E-state index contributed by atoms with van der Waals surface area (Å²) in [6, 6.07) is 15.9. The highest BCUT2D eigenvalue weighted by molar-refractivity contribution is 6.30. The average molecular weight is 372 g/mol. The molecule has 134 valence electrons. The number of hydrogen-bond acceptors (Lipinski definition) is 3. The quantitative estimate of drug-likeness (QED) is 0.808. The lowest BCUT2D eigenvalue weighted by Gasteiger charge is -2.16. The van der Waals surface area contributed by atoms with Gasteiger partial charge in [-0.15, -0.1) is 0 Å². The van der Waals surface area contributed by atoms with E-state index in [1.165, 1.54) is 0 Å². The predicted molar refractivity (Wildman–Crippen MR) is 97.0 cm³/mol. The number of carbonyl (C=O) groups excluding carboxylic acids is 3. The van der Waals surface area contributed by atoms with Crippen molar-refractivity contribution in [2.24, 2.45) is 5.92 Å². The van der Waals surface area contributed by atoms with Crippen LogP contribution in [-0.2, 0) is 16.1 Å². The first-order chi connectivity index (χ1) is 12.5.